The van der Waals surface area contributed by atoms with Crippen molar-refractivity contribution in [2.24, 2.45) is 0 Å². The van der Waals surface area contributed by atoms with Crippen LogP contribution in [0.15, 0.2) is 24.3 Å². The molecule has 1 N–H and O–H groups in total. The zero-order chi connectivity index (χ0) is 13.8. The van der Waals surface area contributed by atoms with Crippen LogP contribution in [0.25, 0.3) is 0 Å². The topological polar surface area (TPSA) is 18.5 Å². The van der Waals surface area contributed by atoms with E-state index in [4.69, 9.17) is 0 Å². The molecule has 2 aliphatic heterocycles. The van der Waals surface area contributed by atoms with Crippen LogP contribution in [0.3, 0.4) is 0 Å². The fourth-order valence-electron chi connectivity index (χ4n) is 3.31. The normalized spacial score (nSPS) is 23.1. The van der Waals surface area contributed by atoms with Gasteiger partial charge in [-0.1, -0.05) is 12.1 Å². The Kier molecular flexibility index (Phi) is 4.65. The second-order valence-corrected chi connectivity index (χ2v) is 5.86. The van der Waals surface area contributed by atoms with Crippen molar-refractivity contribution < 1.29 is 4.39 Å². The van der Waals surface area contributed by atoms with Crippen molar-refractivity contribution in [3.8, 4) is 0 Å². The van der Waals surface area contributed by atoms with Crippen molar-refractivity contribution in [1.82, 2.24) is 15.1 Å². The van der Waals surface area contributed by atoms with Gasteiger partial charge in [-0.2, -0.15) is 0 Å². The van der Waals surface area contributed by atoms with Gasteiger partial charge in [-0.25, -0.2) is 4.39 Å². The van der Waals surface area contributed by atoms with Crippen molar-refractivity contribution in [2.45, 2.75) is 18.9 Å². The second kappa shape index (κ2) is 6.66. The molecule has 20 heavy (non-hydrogen) atoms. The Bertz CT molecular complexity index is 408. The van der Waals surface area contributed by atoms with E-state index in [9.17, 15) is 4.39 Å². The molecule has 2 fully saturated rings. The maximum atomic E-state index is 13.2. The van der Waals surface area contributed by atoms with Gasteiger partial charge in [0, 0.05) is 38.8 Å². The molecular formula is C16H24FN3. The lowest BCUT2D eigenvalue weighted by molar-refractivity contribution is 0.149. The first-order chi connectivity index (χ1) is 9.83. The number of benzene rings is 1. The largest absolute Gasteiger partial charge is 0.314 e. The van der Waals surface area contributed by atoms with Gasteiger partial charge < -0.3 is 5.32 Å². The zero-order valence-corrected chi connectivity index (χ0v) is 12.0. The van der Waals surface area contributed by atoms with Gasteiger partial charge in [0.2, 0.25) is 0 Å². The molecule has 0 bridgehead atoms. The smallest absolute Gasteiger partial charge is 0.123 e. The Labute approximate surface area is 120 Å². The van der Waals surface area contributed by atoms with E-state index in [1.807, 2.05) is 12.1 Å². The lowest BCUT2D eigenvalue weighted by Crippen LogP contribution is -2.47. The molecule has 0 aromatic heterocycles. The van der Waals surface area contributed by atoms with Gasteiger partial charge in [-0.05, 0) is 43.6 Å². The molecule has 1 aromatic rings. The van der Waals surface area contributed by atoms with E-state index in [2.05, 4.69) is 15.1 Å². The van der Waals surface area contributed by atoms with Crippen LogP contribution < -0.4 is 5.32 Å². The number of hydrogen-bond acceptors (Lipinski definition) is 3. The molecule has 2 saturated heterocycles. The third-order valence-electron chi connectivity index (χ3n) is 4.48. The van der Waals surface area contributed by atoms with Gasteiger partial charge in [-0.3, -0.25) is 9.80 Å². The molecular weight excluding hydrogens is 253 g/mol. The van der Waals surface area contributed by atoms with E-state index in [0.717, 1.165) is 32.7 Å². The fourth-order valence-corrected chi connectivity index (χ4v) is 3.31. The molecule has 0 spiro atoms. The number of hydrogen-bond donors (Lipinski definition) is 1. The standard InChI is InChI=1S/C16H24FN3/c17-15-5-3-14(4-6-15)16(20-9-1-2-10-20)13-19-11-7-18-8-12-19/h3-6,16,18H,1-2,7-13H2. The minimum absolute atomic E-state index is 0.143. The van der Waals surface area contributed by atoms with E-state index < -0.39 is 0 Å². The van der Waals surface area contributed by atoms with E-state index in [1.165, 1.54) is 31.5 Å². The maximum Gasteiger partial charge on any atom is 0.123 e. The molecule has 0 saturated carbocycles. The number of nitrogens with zero attached hydrogens (tertiary/aromatic N) is 2. The monoisotopic (exact) mass is 277 g/mol. The Morgan fingerprint density at radius 1 is 1.00 bits per heavy atom. The summed E-state index contributed by atoms with van der Waals surface area (Å²) < 4.78 is 13.2. The summed E-state index contributed by atoms with van der Waals surface area (Å²) in [5.41, 5.74) is 1.26. The third kappa shape index (κ3) is 3.37. The van der Waals surface area contributed by atoms with Crippen LogP contribution in [0.1, 0.15) is 24.4 Å². The molecule has 1 unspecified atom stereocenters. The summed E-state index contributed by atoms with van der Waals surface area (Å²) in [6.07, 6.45) is 2.58. The number of halogens is 1. The summed E-state index contributed by atoms with van der Waals surface area (Å²) in [5, 5.41) is 3.40. The highest BCUT2D eigenvalue weighted by Gasteiger charge is 2.26. The van der Waals surface area contributed by atoms with E-state index in [1.54, 1.807) is 12.1 Å². The van der Waals surface area contributed by atoms with Crippen molar-refractivity contribution in [3.63, 3.8) is 0 Å². The van der Waals surface area contributed by atoms with Gasteiger partial charge in [0.15, 0.2) is 0 Å². The minimum Gasteiger partial charge on any atom is -0.314 e. The number of nitrogens with one attached hydrogen (secondary N) is 1. The summed E-state index contributed by atoms with van der Waals surface area (Å²) >= 11 is 0. The summed E-state index contributed by atoms with van der Waals surface area (Å²) in [4.78, 5) is 5.10. The lowest BCUT2D eigenvalue weighted by Gasteiger charge is -2.35. The van der Waals surface area contributed by atoms with Crippen molar-refractivity contribution in [2.75, 3.05) is 45.8 Å². The Balaban J connectivity index is 1.73. The molecule has 1 aromatic carbocycles. The predicted octanol–water partition coefficient (Wildman–Crippen LogP) is 1.87. The minimum atomic E-state index is -0.143. The summed E-state index contributed by atoms with van der Waals surface area (Å²) in [6.45, 7) is 7.80. The Hall–Kier alpha value is -0.970. The average Bonchev–Trinajstić information content (AvgIpc) is 3.01. The molecule has 2 heterocycles. The first kappa shape index (κ1) is 14.0. The van der Waals surface area contributed by atoms with Gasteiger partial charge in [0.25, 0.3) is 0 Å². The van der Waals surface area contributed by atoms with Crippen LogP contribution in [0.5, 0.6) is 0 Å². The van der Waals surface area contributed by atoms with E-state index >= 15 is 0 Å². The zero-order valence-electron chi connectivity index (χ0n) is 12.0. The highest BCUT2D eigenvalue weighted by atomic mass is 19.1. The second-order valence-electron chi connectivity index (χ2n) is 5.86. The van der Waals surface area contributed by atoms with Crippen molar-refractivity contribution in [3.05, 3.63) is 35.6 Å². The maximum absolute atomic E-state index is 13.2. The summed E-state index contributed by atoms with van der Waals surface area (Å²) in [5.74, 6) is -0.143. The molecule has 4 heteroatoms. The molecule has 3 rings (SSSR count). The summed E-state index contributed by atoms with van der Waals surface area (Å²) in [7, 11) is 0. The van der Waals surface area contributed by atoms with E-state index in [0.29, 0.717) is 6.04 Å². The molecule has 110 valence electrons. The van der Waals surface area contributed by atoms with Gasteiger partial charge >= 0.3 is 0 Å². The molecule has 1 atom stereocenters. The quantitative estimate of drug-likeness (QED) is 0.906. The van der Waals surface area contributed by atoms with Crippen LogP contribution in [-0.2, 0) is 0 Å². The van der Waals surface area contributed by atoms with Gasteiger partial charge in [-0.15, -0.1) is 0 Å². The first-order valence-corrected chi connectivity index (χ1v) is 7.75. The van der Waals surface area contributed by atoms with Crippen LogP contribution >= 0.6 is 0 Å². The summed E-state index contributed by atoms with van der Waals surface area (Å²) in [6, 6.07) is 7.52. The molecule has 2 aliphatic rings. The SMILES string of the molecule is Fc1ccc(C(CN2CCNCC2)N2CCCC2)cc1. The highest BCUT2D eigenvalue weighted by Crippen LogP contribution is 2.26. The van der Waals surface area contributed by atoms with E-state index in [-0.39, 0.29) is 5.82 Å². The molecule has 0 amide bonds. The number of piperazine rings is 1. The molecule has 3 nitrogen and oxygen atoms in total. The van der Waals surface area contributed by atoms with Crippen molar-refractivity contribution >= 4 is 0 Å². The lowest BCUT2D eigenvalue weighted by atomic mass is 10.0. The van der Waals surface area contributed by atoms with Crippen LogP contribution in [0, 0.1) is 5.82 Å². The highest BCUT2D eigenvalue weighted by molar-refractivity contribution is 5.21. The number of rotatable bonds is 4. The van der Waals surface area contributed by atoms with Crippen LogP contribution in [0.4, 0.5) is 4.39 Å². The van der Waals surface area contributed by atoms with Crippen LogP contribution in [0.2, 0.25) is 0 Å². The molecule has 0 radical (unpaired) electrons. The van der Waals surface area contributed by atoms with Crippen LogP contribution in [-0.4, -0.2) is 55.6 Å². The first-order valence-electron chi connectivity index (χ1n) is 7.75. The fraction of sp³-hybridized carbons (Fsp3) is 0.625. The van der Waals surface area contributed by atoms with Crippen molar-refractivity contribution in [1.29, 1.82) is 0 Å². The third-order valence-corrected chi connectivity index (χ3v) is 4.48. The Morgan fingerprint density at radius 2 is 1.65 bits per heavy atom. The Morgan fingerprint density at radius 3 is 2.30 bits per heavy atom. The molecule has 0 aliphatic carbocycles. The van der Waals surface area contributed by atoms with Gasteiger partial charge in [0.1, 0.15) is 5.82 Å². The predicted molar refractivity (Wildman–Crippen MR) is 79.3 cm³/mol. The van der Waals surface area contributed by atoms with Gasteiger partial charge in [0.05, 0.1) is 0 Å². The average molecular weight is 277 g/mol. The number of likely N-dealkylation sites (tertiary alicyclic amines) is 1.